The number of halogens is 2. The summed E-state index contributed by atoms with van der Waals surface area (Å²) in [6.07, 6.45) is 2.16. The van der Waals surface area contributed by atoms with Crippen molar-refractivity contribution < 1.29 is 23.5 Å². The molecule has 1 heterocycles. The molecule has 0 radical (unpaired) electrons. The summed E-state index contributed by atoms with van der Waals surface area (Å²) in [6, 6.07) is 2.74. The van der Waals surface area contributed by atoms with Crippen molar-refractivity contribution >= 4 is 11.9 Å². The van der Waals surface area contributed by atoms with E-state index in [-0.39, 0.29) is 17.8 Å². The zero-order valence-electron chi connectivity index (χ0n) is 13.6. The van der Waals surface area contributed by atoms with Gasteiger partial charge in [0.25, 0.3) is 5.91 Å². The van der Waals surface area contributed by atoms with Crippen molar-refractivity contribution in [3.05, 3.63) is 46.8 Å². The van der Waals surface area contributed by atoms with Crippen molar-refractivity contribution in [3.63, 3.8) is 0 Å². The van der Waals surface area contributed by atoms with E-state index >= 15 is 0 Å². The normalized spacial score (nSPS) is 14.2. The molecule has 3 rings (SSSR count). The first-order chi connectivity index (χ1) is 11.9. The van der Waals surface area contributed by atoms with Crippen LogP contribution in [0.5, 0.6) is 0 Å². The van der Waals surface area contributed by atoms with Crippen LogP contribution in [0.25, 0.3) is 5.69 Å². The third-order valence-electron chi connectivity index (χ3n) is 4.32. The number of hydrogen-bond donors (Lipinski definition) is 2. The van der Waals surface area contributed by atoms with E-state index in [9.17, 15) is 18.4 Å². The van der Waals surface area contributed by atoms with Gasteiger partial charge < -0.3 is 10.4 Å². The fourth-order valence-corrected chi connectivity index (χ4v) is 3.04. The highest BCUT2D eigenvalue weighted by Gasteiger charge is 2.30. The molecule has 1 aliphatic rings. The van der Waals surface area contributed by atoms with Gasteiger partial charge in [-0.1, -0.05) is 13.0 Å². The van der Waals surface area contributed by atoms with Crippen LogP contribution in [0.4, 0.5) is 8.78 Å². The minimum Gasteiger partial charge on any atom is -0.480 e. The van der Waals surface area contributed by atoms with Gasteiger partial charge in [0.05, 0.1) is 0 Å². The van der Waals surface area contributed by atoms with Crippen LogP contribution >= 0.6 is 0 Å². The number of fused-ring (bicyclic) bond motifs is 1. The van der Waals surface area contributed by atoms with Crippen molar-refractivity contribution in [2.24, 2.45) is 0 Å². The number of benzene rings is 1. The van der Waals surface area contributed by atoms with Gasteiger partial charge >= 0.3 is 5.97 Å². The molecule has 0 bridgehead atoms. The maximum atomic E-state index is 14.1. The molecule has 0 saturated heterocycles. The summed E-state index contributed by atoms with van der Waals surface area (Å²) < 4.78 is 28.9. The molecule has 25 heavy (non-hydrogen) atoms. The van der Waals surface area contributed by atoms with E-state index in [0.717, 1.165) is 12.5 Å². The highest BCUT2D eigenvalue weighted by Crippen LogP contribution is 2.29. The van der Waals surface area contributed by atoms with E-state index in [1.807, 2.05) is 0 Å². The van der Waals surface area contributed by atoms with Crippen molar-refractivity contribution in [2.45, 2.75) is 38.6 Å². The summed E-state index contributed by atoms with van der Waals surface area (Å²) in [5.74, 6) is -3.79. The Morgan fingerprint density at radius 2 is 2.12 bits per heavy atom. The van der Waals surface area contributed by atoms with Crippen LogP contribution in [-0.2, 0) is 17.6 Å². The number of carboxylic acid groups (broad SMARTS) is 1. The molecule has 0 fully saturated rings. The molecule has 1 aromatic heterocycles. The average molecular weight is 349 g/mol. The number of carbonyl (C=O) groups is 2. The van der Waals surface area contributed by atoms with E-state index in [1.165, 1.54) is 16.8 Å². The zero-order chi connectivity index (χ0) is 18.1. The Balaban J connectivity index is 2.02. The standard InChI is InChI=1S/C17H17F2N3O3/c1-2-11(17(24)25)20-16(23)15-9-5-3-7-12(9)22(21-15)13-8-4-6-10(18)14(13)19/h4,6,8,11H,2-3,5,7H2,1H3,(H,20,23)(H,24,25). The van der Waals surface area contributed by atoms with Crippen molar-refractivity contribution in [3.8, 4) is 5.69 Å². The predicted molar refractivity (Wildman–Crippen MR) is 84.7 cm³/mol. The Bertz CT molecular complexity index is 848. The fourth-order valence-electron chi connectivity index (χ4n) is 3.04. The second kappa shape index (κ2) is 6.62. The summed E-state index contributed by atoms with van der Waals surface area (Å²) in [6.45, 7) is 1.64. The fraction of sp³-hybridized carbons (Fsp3) is 0.353. The third kappa shape index (κ3) is 2.99. The monoisotopic (exact) mass is 349 g/mol. The molecule has 1 unspecified atom stereocenters. The van der Waals surface area contributed by atoms with Crippen LogP contribution in [0.15, 0.2) is 18.2 Å². The highest BCUT2D eigenvalue weighted by atomic mass is 19.2. The number of carbonyl (C=O) groups excluding carboxylic acids is 1. The molecule has 132 valence electrons. The lowest BCUT2D eigenvalue weighted by Crippen LogP contribution is -2.40. The minimum absolute atomic E-state index is 0.0656. The quantitative estimate of drug-likeness (QED) is 0.867. The lowest BCUT2D eigenvalue weighted by atomic mass is 10.1. The van der Waals surface area contributed by atoms with Crippen LogP contribution < -0.4 is 5.32 Å². The predicted octanol–water partition coefficient (Wildman–Crippen LogP) is 2.23. The van der Waals surface area contributed by atoms with E-state index in [2.05, 4.69) is 10.4 Å². The molecule has 1 aliphatic carbocycles. The topological polar surface area (TPSA) is 84.2 Å². The summed E-state index contributed by atoms with van der Waals surface area (Å²) in [7, 11) is 0. The lowest BCUT2D eigenvalue weighted by molar-refractivity contribution is -0.139. The number of amides is 1. The van der Waals surface area contributed by atoms with Crippen LogP contribution in [0.3, 0.4) is 0 Å². The molecule has 8 heteroatoms. The van der Waals surface area contributed by atoms with Crippen LogP contribution in [0, 0.1) is 11.6 Å². The van der Waals surface area contributed by atoms with Gasteiger partial charge in [0.15, 0.2) is 17.3 Å². The molecule has 0 spiro atoms. The second-order valence-electron chi connectivity index (χ2n) is 5.88. The van der Waals surface area contributed by atoms with Crippen molar-refractivity contribution in [1.82, 2.24) is 15.1 Å². The minimum atomic E-state index is -1.14. The van der Waals surface area contributed by atoms with Gasteiger partial charge in [0.2, 0.25) is 0 Å². The molecule has 1 aromatic carbocycles. The first-order valence-electron chi connectivity index (χ1n) is 8.02. The molecule has 0 saturated carbocycles. The van der Waals surface area contributed by atoms with Crippen molar-refractivity contribution in [2.75, 3.05) is 0 Å². The Morgan fingerprint density at radius 1 is 1.36 bits per heavy atom. The molecule has 1 atom stereocenters. The lowest BCUT2D eigenvalue weighted by Gasteiger charge is -2.11. The number of carboxylic acids is 1. The van der Waals surface area contributed by atoms with Gasteiger partial charge in [-0.3, -0.25) is 4.79 Å². The van der Waals surface area contributed by atoms with Crippen LogP contribution in [0.1, 0.15) is 41.5 Å². The van der Waals surface area contributed by atoms with Gasteiger partial charge in [-0.05, 0) is 37.8 Å². The summed E-state index contributed by atoms with van der Waals surface area (Å²) in [5.41, 5.74) is 1.30. The maximum absolute atomic E-state index is 14.1. The molecule has 1 amide bonds. The number of aliphatic carboxylic acids is 1. The summed E-state index contributed by atoms with van der Waals surface area (Å²) in [4.78, 5) is 23.6. The molecule has 2 N–H and O–H groups in total. The Kier molecular flexibility index (Phi) is 4.52. The number of rotatable bonds is 5. The maximum Gasteiger partial charge on any atom is 0.326 e. The third-order valence-corrected chi connectivity index (χ3v) is 4.32. The number of aromatic nitrogens is 2. The summed E-state index contributed by atoms with van der Waals surface area (Å²) in [5, 5.41) is 15.7. The molecular formula is C17H17F2N3O3. The second-order valence-corrected chi connectivity index (χ2v) is 5.88. The average Bonchev–Trinajstić information content (AvgIpc) is 3.17. The number of nitrogens with one attached hydrogen (secondary N) is 1. The van der Waals surface area contributed by atoms with Gasteiger partial charge in [-0.25, -0.2) is 18.3 Å². The first-order valence-corrected chi connectivity index (χ1v) is 8.02. The van der Waals surface area contributed by atoms with Gasteiger partial charge in [-0.15, -0.1) is 0 Å². The Hall–Kier alpha value is -2.77. The molecule has 2 aromatic rings. The highest BCUT2D eigenvalue weighted by molar-refractivity contribution is 5.96. The van der Waals surface area contributed by atoms with E-state index in [0.29, 0.717) is 24.1 Å². The van der Waals surface area contributed by atoms with Crippen molar-refractivity contribution in [1.29, 1.82) is 0 Å². The number of hydrogen-bond acceptors (Lipinski definition) is 3. The zero-order valence-corrected chi connectivity index (χ0v) is 13.6. The molecular weight excluding hydrogens is 332 g/mol. The van der Waals surface area contributed by atoms with E-state index in [4.69, 9.17) is 5.11 Å². The molecule has 6 nitrogen and oxygen atoms in total. The van der Waals surface area contributed by atoms with Gasteiger partial charge in [0.1, 0.15) is 11.7 Å². The van der Waals surface area contributed by atoms with E-state index in [1.54, 1.807) is 6.92 Å². The van der Waals surface area contributed by atoms with Crippen LogP contribution in [-0.4, -0.2) is 32.8 Å². The smallest absolute Gasteiger partial charge is 0.326 e. The Labute approximate surface area is 142 Å². The number of nitrogens with zero attached hydrogens (tertiary/aromatic N) is 2. The summed E-state index contributed by atoms with van der Waals surface area (Å²) >= 11 is 0. The first kappa shape index (κ1) is 17.1. The molecule has 0 aliphatic heterocycles. The van der Waals surface area contributed by atoms with Gasteiger partial charge in [-0.2, -0.15) is 5.10 Å². The largest absolute Gasteiger partial charge is 0.480 e. The van der Waals surface area contributed by atoms with E-state index < -0.39 is 29.6 Å². The van der Waals surface area contributed by atoms with Crippen LogP contribution in [0.2, 0.25) is 0 Å². The SMILES string of the molecule is CCC(NC(=O)c1nn(-c2cccc(F)c2F)c2c1CCC2)C(=O)O. The Morgan fingerprint density at radius 3 is 2.80 bits per heavy atom. The van der Waals surface area contributed by atoms with Gasteiger partial charge in [0, 0.05) is 11.3 Å².